The van der Waals surface area contributed by atoms with Gasteiger partial charge in [-0.2, -0.15) is 0 Å². The fraction of sp³-hybridized carbons (Fsp3) is 0.222. The second kappa shape index (κ2) is 3.43. The van der Waals surface area contributed by atoms with E-state index in [0.29, 0.717) is 12.0 Å². The SMILES string of the molecule is CCc1cc(F)c(O)c(C(N)=O)c1. The first-order chi connectivity index (χ1) is 6.06. The summed E-state index contributed by atoms with van der Waals surface area (Å²) in [4.78, 5) is 10.7. The molecular formula is C9H10FNO2. The number of aryl methyl sites for hydroxylation is 1. The third-order valence-corrected chi connectivity index (χ3v) is 1.80. The van der Waals surface area contributed by atoms with E-state index < -0.39 is 17.5 Å². The highest BCUT2D eigenvalue weighted by Gasteiger charge is 2.13. The topological polar surface area (TPSA) is 63.3 Å². The lowest BCUT2D eigenvalue weighted by molar-refractivity contribution is 0.0997. The molecule has 0 aliphatic carbocycles. The van der Waals surface area contributed by atoms with Crippen LogP contribution in [0.3, 0.4) is 0 Å². The highest BCUT2D eigenvalue weighted by molar-refractivity contribution is 5.95. The minimum absolute atomic E-state index is 0.170. The first kappa shape index (κ1) is 9.51. The number of carbonyl (C=O) groups is 1. The van der Waals surface area contributed by atoms with Gasteiger partial charge in [-0.3, -0.25) is 4.79 Å². The van der Waals surface area contributed by atoms with Crippen molar-refractivity contribution in [2.45, 2.75) is 13.3 Å². The lowest BCUT2D eigenvalue weighted by atomic mass is 10.1. The Morgan fingerprint density at radius 2 is 2.23 bits per heavy atom. The summed E-state index contributed by atoms with van der Waals surface area (Å²) in [6, 6.07) is 2.57. The molecule has 0 aliphatic heterocycles. The summed E-state index contributed by atoms with van der Waals surface area (Å²) in [6.07, 6.45) is 0.581. The average molecular weight is 183 g/mol. The Kier molecular flexibility index (Phi) is 2.51. The van der Waals surface area contributed by atoms with Gasteiger partial charge in [-0.15, -0.1) is 0 Å². The van der Waals surface area contributed by atoms with E-state index in [1.807, 2.05) is 6.92 Å². The molecule has 0 aromatic heterocycles. The molecule has 0 saturated heterocycles. The molecule has 0 atom stereocenters. The molecule has 0 aliphatic rings. The van der Waals surface area contributed by atoms with Gasteiger partial charge in [-0.1, -0.05) is 6.92 Å². The minimum atomic E-state index is -0.827. The number of halogens is 1. The number of phenols is 1. The Hall–Kier alpha value is -1.58. The summed E-state index contributed by atoms with van der Waals surface area (Å²) in [5.74, 6) is -2.32. The van der Waals surface area contributed by atoms with Gasteiger partial charge in [0.25, 0.3) is 5.91 Å². The number of amides is 1. The molecule has 70 valence electrons. The van der Waals surface area contributed by atoms with Crippen LogP contribution in [0.5, 0.6) is 5.75 Å². The summed E-state index contributed by atoms with van der Waals surface area (Å²) < 4.78 is 12.9. The van der Waals surface area contributed by atoms with Crippen LogP contribution in [0.4, 0.5) is 4.39 Å². The minimum Gasteiger partial charge on any atom is -0.504 e. The Bertz CT molecular complexity index is 350. The fourth-order valence-electron chi connectivity index (χ4n) is 1.05. The number of aromatic hydroxyl groups is 1. The standard InChI is InChI=1S/C9H10FNO2/c1-2-5-3-6(9(11)13)8(12)7(10)4-5/h3-4,12H,2H2,1H3,(H2,11,13). The van der Waals surface area contributed by atoms with Crippen LogP contribution in [0.2, 0.25) is 0 Å². The van der Waals surface area contributed by atoms with Crippen LogP contribution in [0.15, 0.2) is 12.1 Å². The van der Waals surface area contributed by atoms with Crippen LogP contribution in [0.25, 0.3) is 0 Å². The van der Waals surface area contributed by atoms with Crippen LogP contribution < -0.4 is 5.73 Å². The zero-order chi connectivity index (χ0) is 10.0. The Labute approximate surface area is 75.0 Å². The van der Waals surface area contributed by atoms with Gasteiger partial charge in [0.05, 0.1) is 5.56 Å². The molecule has 13 heavy (non-hydrogen) atoms. The van der Waals surface area contributed by atoms with Crippen molar-refractivity contribution in [3.63, 3.8) is 0 Å². The van der Waals surface area contributed by atoms with E-state index in [9.17, 15) is 9.18 Å². The van der Waals surface area contributed by atoms with E-state index in [2.05, 4.69) is 0 Å². The Morgan fingerprint density at radius 3 is 2.69 bits per heavy atom. The van der Waals surface area contributed by atoms with Crippen molar-refractivity contribution >= 4 is 5.91 Å². The van der Waals surface area contributed by atoms with E-state index in [0.717, 1.165) is 0 Å². The van der Waals surface area contributed by atoms with Crippen molar-refractivity contribution in [1.82, 2.24) is 0 Å². The normalized spacial score (nSPS) is 10.0. The summed E-state index contributed by atoms with van der Waals surface area (Å²) in [6.45, 7) is 1.82. The van der Waals surface area contributed by atoms with Crippen LogP contribution in [-0.4, -0.2) is 11.0 Å². The van der Waals surface area contributed by atoms with Crippen molar-refractivity contribution in [3.05, 3.63) is 29.1 Å². The van der Waals surface area contributed by atoms with Gasteiger partial charge in [0.1, 0.15) is 0 Å². The molecule has 3 N–H and O–H groups in total. The molecule has 0 heterocycles. The van der Waals surface area contributed by atoms with Crippen molar-refractivity contribution in [3.8, 4) is 5.75 Å². The van der Waals surface area contributed by atoms with E-state index in [-0.39, 0.29) is 5.56 Å². The largest absolute Gasteiger partial charge is 0.504 e. The monoisotopic (exact) mass is 183 g/mol. The molecule has 0 unspecified atom stereocenters. The quantitative estimate of drug-likeness (QED) is 0.723. The third kappa shape index (κ3) is 1.77. The van der Waals surface area contributed by atoms with Crippen molar-refractivity contribution < 1.29 is 14.3 Å². The van der Waals surface area contributed by atoms with Gasteiger partial charge in [-0.05, 0) is 24.1 Å². The first-order valence-corrected chi connectivity index (χ1v) is 3.87. The van der Waals surface area contributed by atoms with Gasteiger partial charge in [-0.25, -0.2) is 4.39 Å². The number of hydrogen-bond donors (Lipinski definition) is 2. The highest BCUT2D eigenvalue weighted by atomic mass is 19.1. The molecule has 4 heteroatoms. The molecule has 1 aromatic carbocycles. The van der Waals surface area contributed by atoms with Crippen LogP contribution >= 0.6 is 0 Å². The molecule has 0 spiro atoms. The maximum absolute atomic E-state index is 12.9. The van der Waals surface area contributed by atoms with E-state index in [4.69, 9.17) is 10.8 Å². The van der Waals surface area contributed by atoms with Gasteiger partial charge in [0.15, 0.2) is 11.6 Å². The van der Waals surface area contributed by atoms with Crippen molar-refractivity contribution in [1.29, 1.82) is 0 Å². The maximum Gasteiger partial charge on any atom is 0.252 e. The van der Waals surface area contributed by atoms with Crippen LogP contribution in [-0.2, 0) is 6.42 Å². The van der Waals surface area contributed by atoms with Crippen molar-refractivity contribution in [2.75, 3.05) is 0 Å². The fourth-order valence-corrected chi connectivity index (χ4v) is 1.05. The summed E-state index contributed by atoms with van der Waals surface area (Å²) in [7, 11) is 0. The molecule has 1 amide bonds. The van der Waals surface area contributed by atoms with Gasteiger partial charge in [0.2, 0.25) is 0 Å². The number of primary amides is 1. The van der Waals surface area contributed by atoms with Gasteiger partial charge >= 0.3 is 0 Å². The summed E-state index contributed by atoms with van der Waals surface area (Å²) >= 11 is 0. The average Bonchev–Trinajstić information content (AvgIpc) is 2.09. The van der Waals surface area contributed by atoms with Gasteiger partial charge < -0.3 is 10.8 Å². The number of rotatable bonds is 2. The first-order valence-electron chi connectivity index (χ1n) is 3.87. The van der Waals surface area contributed by atoms with Crippen molar-refractivity contribution in [2.24, 2.45) is 5.73 Å². The smallest absolute Gasteiger partial charge is 0.252 e. The zero-order valence-electron chi connectivity index (χ0n) is 7.17. The second-order valence-corrected chi connectivity index (χ2v) is 2.69. The molecular weight excluding hydrogens is 173 g/mol. The zero-order valence-corrected chi connectivity index (χ0v) is 7.17. The van der Waals surface area contributed by atoms with Crippen LogP contribution in [0, 0.1) is 5.82 Å². The van der Waals surface area contributed by atoms with E-state index in [1.165, 1.54) is 12.1 Å². The van der Waals surface area contributed by atoms with Crippen LogP contribution in [0.1, 0.15) is 22.8 Å². The number of carbonyl (C=O) groups excluding carboxylic acids is 1. The number of nitrogens with two attached hydrogens (primary N) is 1. The third-order valence-electron chi connectivity index (χ3n) is 1.80. The van der Waals surface area contributed by atoms with E-state index in [1.54, 1.807) is 0 Å². The van der Waals surface area contributed by atoms with E-state index >= 15 is 0 Å². The Morgan fingerprint density at radius 1 is 1.62 bits per heavy atom. The lowest BCUT2D eigenvalue weighted by Crippen LogP contribution is -2.12. The lowest BCUT2D eigenvalue weighted by Gasteiger charge is -2.04. The Balaban J connectivity index is 3.33. The molecule has 1 rings (SSSR count). The molecule has 0 fully saturated rings. The molecule has 1 aromatic rings. The molecule has 0 radical (unpaired) electrons. The number of hydrogen-bond acceptors (Lipinski definition) is 2. The predicted octanol–water partition coefficient (Wildman–Crippen LogP) is 1.19. The number of benzene rings is 1. The second-order valence-electron chi connectivity index (χ2n) is 2.69. The predicted molar refractivity (Wildman–Crippen MR) is 46.0 cm³/mol. The highest BCUT2D eigenvalue weighted by Crippen LogP contribution is 2.22. The molecule has 0 bridgehead atoms. The molecule has 0 saturated carbocycles. The van der Waals surface area contributed by atoms with Gasteiger partial charge in [0, 0.05) is 0 Å². The summed E-state index contributed by atoms with van der Waals surface area (Å²) in [5.41, 5.74) is 5.40. The maximum atomic E-state index is 12.9. The molecule has 3 nitrogen and oxygen atoms in total. The summed E-state index contributed by atoms with van der Waals surface area (Å²) in [5, 5.41) is 9.11.